The third kappa shape index (κ3) is 1.81. The van der Waals surface area contributed by atoms with Gasteiger partial charge in [0, 0.05) is 0 Å². The molecule has 2 N–H and O–H groups in total. The Balaban J connectivity index is 1.91. The number of hydrogen-bond acceptors (Lipinski definition) is 6. The maximum absolute atomic E-state index is 11.3. The van der Waals surface area contributed by atoms with Crippen molar-refractivity contribution in [2.75, 3.05) is 6.54 Å². The van der Waals surface area contributed by atoms with Crippen LogP contribution in [0.25, 0.3) is 0 Å². The van der Waals surface area contributed by atoms with E-state index in [-0.39, 0.29) is 18.0 Å². The highest BCUT2D eigenvalue weighted by molar-refractivity contribution is 5.77. The van der Waals surface area contributed by atoms with Crippen LogP contribution in [0.4, 0.5) is 0 Å². The molecule has 0 bridgehead atoms. The second kappa shape index (κ2) is 3.48. The van der Waals surface area contributed by atoms with Gasteiger partial charge in [-0.15, -0.1) is 0 Å². The van der Waals surface area contributed by atoms with Crippen LogP contribution >= 0.6 is 0 Å². The first-order valence-corrected chi connectivity index (χ1v) is 4.05. The van der Waals surface area contributed by atoms with Crippen molar-refractivity contribution in [1.29, 1.82) is 0 Å². The SMILES string of the molecule is O=C(Oc1nn[nH]n1)C1CCCN1. The summed E-state index contributed by atoms with van der Waals surface area (Å²) in [4.78, 5) is 11.3. The molecular weight excluding hydrogens is 174 g/mol. The molecule has 13 heavy (non-hydrogen) atoms. The molecule has 0 aliphatic carbocycles. The van der Waals surface area contributed by atoms with Gasteiger partial charge in [0.2, 0.25) is 0 Å². The van der Waals surface area contributed by atoms with Gasteiger partial charge in [-0.2, -0.15) is 5.21 Å². The Labute approximate surface area is 73.8 Å². The third-order valence-corrected chi connectivity index (χ3v) is 1.86. The Morgan fingerprint density at radius 2 is 2.54 bits per heavy atom. The van der Waals surface area contributed by atoms with Gasteiger partial charge in [0.25, 0.3) is 0 Å². The van der Waals surface area contributed by atoms with E-state index < -0.39 is 0 Å². The zero-order valence-electron chi connectivity index (χ0n) is 6.86. The van der Waals surface area contributed by atoms with E-state index in [1.807, 2.05) is 0 Å². The lowest BCUT2D eigenvalue weighted by Gasteiger charge is -2.05. The molecule has 0 amide bonds. The third-order valence-electron chi connectivity index (χ3n) is 1.86. The molecule has 1 aromatic rings. The largest absolute Gasteiger partial charge is 0.387 e. The van der Waals surface area contributed by atoms with Gasteiger partial charge in [0.1, 0.15) is 6.04 Å². The second-order valence-electron chi connectivity index (χ2n) is 2.76. The van der Waals surface area contributed by atoms with Crippen molar-refractivity contribution in [3.05, 3.63) is 0 Å². The lowest BCUT2D eigenvalue weighted by Crippen LogP contribution is -2.34. The van der Waals surface area contributed by atoms with E-state index in [4.69, 9.17) is 4.74 Å². The number of carbonyl (C=O) groups is 1. The van der Waals surface area contributed by atoms with Crippen molar-refractivity contribution in [2.45, 2.75) is 18.9 Å². The van der Waals surface area contributed by atoms with Crippen LogP contribution in [0, 0.1) is 0 Å². The van der Waals surface area contributed by atoms with Crippen LogP contribution in [0.5, 0.6) is 6.01 Å². The van der Waals surface area contributed by atoms with Gasteiger partial charge in [-0.05, 0) is 24.6 Å². The van der Waals surface area contributed by atoms with Crippen LogP contribution in [-0.4, -0.2) is 39.2 Å². The lowest BCUT2D eigenvalue weighted by molar-refractivity contribution is -0.136. The highest BCUT2D eigenvalue weighted by Crippen LogP contribution is 2.07. The molecule has 1 aliphatic heterocycles. The molecule has 1 unspecified atom stereocenters. The van der Waals surface area contributed by atoms with Crippen LogP contribution < -0.4 is 10.1 Å². The average Bonchev–Trinajstić information content (AvgIpc) is 2.74. The zero-order valence-corrected chi connectivity index (χ0v) is 6.86. The summed E-state index contributed by atoms with van der Waals surface area (Å²) >= 11 is 0. The summed E-state index contributed by atoms with van der Waals surface area (Å²) in [5.41, 5.74) is 0. The predicted octanol–water partition coefficient (Wildman–Crippen LogP) is -1.14. The zero-order chi connectivity index (χ0) is 9.10. The summed E-state index contributed by atoms with van der Waals surface area (Å²) in [5, 5.41) is 15.5. The van der Waals surface area contributed by atoms with Crippen molar-refractivity contribution < 1.29 is 9.53 Å². The van der Waals surface area contributed by atoms with E-state index in [9.17, 15) is 4.79 Å². The molecule has 1 atom stereocenters. The lowest BCUT2D eigenvalue weighted by atomic mass is 10.2. The van der Waals surface area contributed by atoms with Gasteiger partial charge in [-0.1, -0.05) is 10.2 Å². The van der Waals surface area contributed by atoms with Gasteiger partial charge in [0.15, 0.2) is 0 Å². The molecule has 2 heterocycles. The van der Waals surface area contributed by atoms with Gasteiger partial charge in [0.05, 0.1) is 0 Å². The minimum absolute atomic E-state index is 0.0290. The summed E-state index contributed by atoms with van der Waals surface area (Å²) in [6.07, 6.45) is 1.79. The van der Waals surface area contributed by atoms with Crippen molar-refractivity contribution >= 4 is 5.97 Å². The monoisotopic (exact) mass is 183 g/mol. The fraction of sp³-hybridized carbons (Fsp3) is 0.667. The average molecular weight is 183 g/mol. The van der Waals surface area contributed by atoms with E-state index in [0.717, 1.165) is 19.4 Å². The second-order valence-corrected chi connectivity index (χ2v) is 2.76. The first kappa shape index (κ1) is 8.11. The number of hydrogen-bond donors (Lipinski definition) is 2. The highest BCUT2D eigenvalue weighted by Gasteiger charge is 2.24. The predicted molar refractivity (Wildman–Crippen MR) is 40.8 cm³/mol. The molecule has 2 rings (SSSR count). The molecule has 7 heteroatoms. The fourth-order valence-corrected chi connectivity index (χ4v) is 1.24. The summed E-state index contributed by atoms with van der Waals surface area (Å²) in [6.45, 7) is 0.853. The van der Waals surface area contributed by atoms with E-state index in [2.05, 4.69) is 25.9 Å². The fourth-order valence-electron chi connectivity index (χ4n) is 1.24. The molecule has 1 saturated heterocycles. The molecule has 0 radical (unpaired) electrons. The quantitative estimate of drug-likeness (QED) is 0.563. The maximum Gasteiger partial charge on any atom is 0.363 e. The Hall–Kier alpha value is -1.50. The number of nitrogens with zero attached hydrogens (tertiary/aromatic N) is 3. The Bertz CT molecular complexity index is 279. The minimum atomic E-state index is -0.348. The normalized spacial score (nSPS) is 21.7. The van der Waals surface area contributed by atoms with Crippen molar-refractivity contribution in [1.82, 2.24) is 25.9 Å². The molecule has 0 spiro atoms. The number of nitrogens with one attached hydrogen (secondary N) is 2. The topological polar surface area (TPSA) is 92.8 Å². The maximum atomic E-state index is 11.3. The number of tetrazole rings is 1. The van der Waals surface area contributed by atoms with Gasteiger partial charge in [-0.25, -0.2) is 4.79 Å². The molecule has 7 nitrogen and oxygen atoms in total. The number of carbonyl (C=O) groups excluding carboxylic acids is 1. The number of ether oxygens (including phenoxy) is 1. The van der Waals surface area contributed by atoms with Gasteiger partial charge >= 0.3 is 12.0 Å². The first-order chi connectivity index (χ1) is 6.36. The smallest absolute Gasteiger partial charge is 0.363 e. The Kier molecular flexibility index (Phi) is 2.17. The highest BCUT2D eigenvalue weighted by atomic mass is 16.6. The van der Waals surface area contributed by atoms with Crippen LogP contribution in [-0.2, 0) is 4.79 Å². The number of esters is 1. The molecule has 0 saturated carbocycles. The van der Waals surface area contributed by atoms with E-state index in [1.54, 1.807) is 0 Å². The van der Waals surface area contributed by atoms with Gasteiger partial charge < -0.3 is 10.1 Å². The number of rotatable bonds is 2. The summed E-state index contributed by atoms with van der Waals surface area (Å²) < 4.78 is 4.82. The molecule has 1 aromatic heterocycles. The summed E-state index contributed by atoms with van der Waals surface area (Å²) in [7, 11) is 0. The molecule has 70 valence electrons. The van der Waals surface area contributed by atoms with Crippen LogP contribution in [0.15, 0.2) is 0 Å². The van der Waals surface area contributed by atoms with Crippen molar-refractivity contribution in [3.63, 3.8) is 0 Å². The standard InChI is InChI=1S/C6H9N5O2/c12-5(4-2-1-3-7-4)13-6-8-10-11-9-6/h4,7H,1-3H2,(H,8,9,10,11). The summed E-state index contributed by atoms with van der Waals surface area (Å²) in [5.74, 6) is -0.348. The summed E-state index contributed by atoms with van der Waals surface area (Å²) in [6, 6.07) is -0.253. The molecule has 1 fully saturated rings. The van der Waals surface area contributed by atoms with E-state index >= 15 is 0 Å². The van der Waals surface area contributed by atoms with Crippen LogP contribution in [0.3, 0.4) is 0 Å². The molecule has 0 aromatic carbocycles. The van der Waals surface area contributed by atoms with Crippen molar-refractivity contribution in [3.8, 4) is 6.01 Å². The number of aromatic nitrogens is 4. The number of H-pyrrole nitrogens is 1. The molecular formula is C6H9N5O2. The minimum Gasteiger partial charge on any atom is -0.387 e. The van der Waals surface area contributed by atoms with E-state index in [1.165, 1.54) is 0 Å². The Morgan fingerprint density at radius 3 is 3.15 bits per heavy atom. The van der Waals surface area contributed by atoms with Crippen LogP contribution in [0.1, 0.15) is 12.8 Å². The van der Waals surface area contributed by atoms with E-state index in [0.29, 0.717) is 0 Å². The molecule has 1 aliphatic rings. The first-order valence-electron chi connectivity index (χ1n) is 4.05. The van der Waals surface area contributed by atoms with Crippen molar-refractivity contribution in [2.24, 2.45) is 0 Å². The number of aromatic amines is 1. The van der Waals surface area contributed by atoms with Gasteiger partial charge in [-0.3, -0.25) is 0 Å². The Morgan fingerprint density at radius 1 is 1.62 bits per heavy atom. The van der Waals surface area contributed by atoms with Crippen LogP contribution in [0.2, 0.25) is 0 Å².